The lowest BCUT2D eigenvalue weighted by molar-refractivity contribution is -0.137. The zero-order valence-corrected chi connectivity index (χ0v) is 44.8. The number of methoxy groups -OCH3 is 2. The molecule has 0 bridgehead atoms. The summed E-state index contributed by atoms with van der Waals surface area (Å²) < 4.78 is 49.1. The summed E-state index contributed by atoms with van der Waals surface area (Å²) >= 11 is 0. The van der Waals surface area contributed by atoms with Crippen molar-refractivity contribution in [2.75, 3.05) is 63.4 Å². The van der Waals surface area contributed by atoms with Gasteiger partial charge in [-0.3, -0.25) is 9.59 Å². The topological polar surface area (TPSA) is 190 Å². The summed E-state index contributed by atoms with van der Waals surface area (Å²) in [6, 6.07) is 22.6. The molecule has 4 amide bonds. The molecule has 5 fully saturated rings. The van der Waals surface area contributed by atoms with Gasteiger partial charge >= 0.3 is 12.2 Å². The number of amides is 4. The van der Waals surface area contributed by atoms with Crippen molar-refractivity contribution in [3.05, 3.63) is 119 Å². The molecule has 6 atom stereocenters. The van der Waals surface area contributed by atoms with Gasteiger partial charge in [0.1, 0.15) is 29.4 Å². The number of benzene rings is 4. The first-order chi connectivity index (χ1) is 37.9. The summed E-state index contributed by atoms with van der Waals surface area (Å²) in [5.41, 5.74) is 6.50. The van der Waals surface area contributed by atoms with Crippen molar-refractivity contribution in [1.29, 1.82) is 0 Å². The Kier molecular flexibility index (Phi) is 15.3. The maximum absolute atomic E-state index is 16.9. The second-order valence-corrected chi connectivity index (χ2v) is 22.0. The van der Waals surface area contributed by atoms with E-state index in [1.54, 1.807) is 4.90 Å². The average molecular weight is 1070 g/mol. The van der Waals surface area contributed by atoms with E-state index in [1.165, 1.54) is 31.9 Å². The predicted molar refractivity (Wildman–Crippen MR) is 291 cm³/mol. The lowest BCUT2D eigenvalue weighted by Gasteiger charge is -2.36. The van der Waals surface area contributed by atoms with Crippen molar-refractivity contribution in [2.24, 2.45) is 11.8 Å². The Balaban J connectivity index is 0.901. The van der Waals surface area contributed by atoms with Crippen molar-refractivity contribution < 1.29 is 42.2 Å². The number of anilines is 2. The number of aromatic amines is 2. The minimum Gasteiger partial charge on any atom is -0.453 e. The number of aromatic nitrogens is 4. The fraction of sp³-hybridized carbons (Fsp3) is 0.492. The molecule has 2 aromatic heterocycles. The Morgan fingerprint density at radius 1 is 0.628 bits per heavy atom. The van der Waals surface area contributed by atoms with Gasteiger partial charge < -0.3 is 54.4 Å². The first kappa shape index (κ1) is 52.8. The number of piperidine rings is 1. The van der Waals surface area contributed by atoms with Crippen molar-refractivity contribution in [2.45, 2.75) is 120 Å². The molecule has 5 aliphatic rings. The number of fused-ring (bicyclic) bond motifs is 2. The molecule has 19 heteroatoms. The molecule has 5 saturated heterocycles. The molecule has 17 nitrogen and oxygen atoms in total. The van der Waals surface area contributed by atoms with Gasteiger partial charge in [-0.15, -0.1) is 0 Å². The number of likely N-dealkylation sites (tertiary alicyclic amines) is 2. The summed E-state index contributed by atoms with van der Waals surface area (Å²) in [4.78, 5) is 78.0. The van der Waals surface area contributed by atoms with Crippen LogP contribution in [0.2, 0.25) is 0 Å². The molecule has 6 aromatic rings. The maximum Gasteiger partial charge on any atom is 0.407 e. The van der Waals surface area contributed by atoms with Crippen molar-refractivity contribution >= 4 is 57.4 Å². The van der Waals surface area contributed by atoms with E-state index >= 15 is 8.78 Å². The molecule has 0 saturated carbocycles. The number of H-pyrrole nitrogens is 2. The molecule has 412 valence electrons. The van der Waals surface area contributed by atoms with E-state index in [0.29, 0.717) is 112 Å². The molecule has 4 N–H and O–H groups in total. The highest BCUT2D eigenvalue weighted by molar-refractivity contribution is 5.88. The second kappa shape index (κ2) is 22.6. The maximum atomic E-state index is 16.9. The number of hydrogen-bond acceptors (Lipinski definition) is 11. The van der Waals surface area contributed by atoms with Crippen molar-refractivity contribution in [3.8, 4) is 0 Å². The Labute approximate surface area is 452 Å². The Morgan fingerprint density at radius 3 is 1.71 bits per heavy atom. The van der Waals surface area contributed by atoms with Crippen molar-refractivity contribution in [3.63, 3.8) is 0 Å². The zero-order chi connectivity index (χ0) is 54.2. The Morgan fingerprint density at radius 2 is 1.17 bits per heavy atom. The van der Waals surface area contributed by atoms with Crippen LogP contribution in [0.3, 0.4) is 0 Å². The predicted octanol–water partition coefficient (Wildman–Crippen LogP) is 10.0. The van der Waals surface area contributed by atoms with Crippen LogP contribution < -0.4 is 20.4 Å². The molecular formula is C59H70F2N10O7. The summed E-state index contributed by atoms with van der Waals surface area (Å²) in [6.45, 7) is 6.89. The smallest absolute Gasteiger partial charge is 0.407 e. The Bertz CT molecular complexity index is 3130. The van der Waals surface area contributed by atoms with Crippen LogP contribution in [0.4, 0.5) is 29.7 Å². The standard InChI is InChI=1S/C59H70F2N10O7/c1-34(2)51(66-58(74)76-3)56(72)69-24-8-12-49(69)54-62-43-16-14-38(30-45(43)64-54)47-18-19-48(71(47)40-32-41(60)53(42(61)33-40)68-26-20-36(21-27-68)35-10-6-5-7-11-35)39-15-17-44-46(31-39)65-55(63-44)50-13-9-25-70(50)57(73)52(67-59(75)77-4)37-22-28-78-29-23-37/h5-7,10-11,14-17,30-34,36-37,47-52H,8-9,12-13,18-29H2,1-4H3,(H,62,64)(H,63,65)(H,66,74)(H,67,75)/t47-,48-,49+,50+,51+,52?/m1/s1. The number of nitrogens with zero attached hydrogens (tertiary/aromatic N) is 6. The molecule has 0 aliphatic carbocycles. The van der Waals surface area contributed by atoms with Crippen molar-refractivity contribution in [1.82, 2.24) is 40.4 Å². The van der Waals surface area contributed by atoms with Gasteiger partial charge in [0.05, 0.1) is 60.5 Å². The van der Waals surface area contributed by atoms with E-state index in [9.17, 15) is 19.2 Å². The van der Waals surface area contributed by atoms with Crippen LogP contribution in [0.25, 0.3) is 22.1 Å². The molecule has 5 aliphatic heterocycles. The summed E-state index contributed by atoms with van der Waals surface area (Å²) in [6.07, 6.45) is 5.80. The summed E-state index contributed by atoms with van der Waals surface area (Å²) in [5, 5.41) is 5.55. The normalized spacial score (nSPS) is 22.1. The molecule has 7 heterocycles. The third-order valence-electron chi connectivity index (χ3n) is 17.1. The quantitative estimate of drug-likeness (QED) is 0.0861. The van der Waals surface area contributed by atoms with Gasteiger partial charge in [0, 0.05) is 45.1 Å². The SMILES string of the molecule is COC(=O)NC(C(=O)N1CCC[C@H]1c1nc2cc([C@H]3CC[C@H](c4ccc5[nH]c([C@@H]6CCCN6C(=O)[C@@H](NC(=O)OC)C(C)C)nc5c4)N3c3cc(F)c(N4CCC(c5ccccc5)CC4)c(F)c3)ccc2[nH]1)C1CCOCC1. The highest BCUT2D eigenvalue weighted by Gasteiger charge is 2.42. The highest BCUT2D eigenvalue weighted by Crippen LogP contribution is 2.49. The van der Waals surface area contributed by atoms with E-state index in [4.69, 9.17) is 24.2 Å². The van der Waals surface area contributed by atoms with Crippen LogP contribution in [0, 0.1) is 23.5 Å². The van der Waals surface area contributed by atoms with Crippen LogP contribution in [-0.2, 0) is 23.8 Å². The third kappa shape index (κ3) is 10.4. The van der Waals surface area contributed by atoms with Gasteiger partial charge in [-0.1, -0.05) is 56.3 Å². The van der Waals surface area contributed by atoms with Crippen LogP contribution in [0.1, 0.15) is 136 Å². The van der Waals surface area contributed by atoms with Gasteiger partial charge in [-0.05, 0) is 135 Å². The number of carbonyl (C=O) groups excluding carboxylic acids is 4. The van der Waals surface area contributed by atoms with Gasteiger partial charge in [-0.2, -0.15) is 0 Å². The van der Waals surface area contributed by atoms with E-state index in [2.05, 4.69) is 37.6 Å². The lowest BCUT2D eigenvalue weighted by Crippen LogP contribution is -2.53. The van der Waals surface area contributed by atoms with Gasteiger partial charge in [-0.25, -0.2) is 28.3 Å². The number of carbonyl (C=O) groups is 4. The Hall–Kier alpha value is -7.28. The monoisotopic (exact) mass is 1070 g/mol. The van der Waals surface area contributed by atoms with E-state index in [1.807, 2.05) is 78.2 Å². The number of alkyl carbamates (subject to hydrolysis) is 2. The summed E-state index contributed by atoms with van der Waals surface area (Å²) in [5.74, 6) is -0.240. The first-order valence-electron chi connectivity index (χ1n) is 27.8. The molecule has 1 unspecified atom stereocenters. The van der Waals surface area contributed by atoms with Gasteiger partial charge in [0.2, 0.25) is 11.8 Å². The highest BCUT2D eigenvalue weighted by atomic mass is 19.1. The fourth-order valence-corrected chi connectivity index (χ4v) is 13.1. The first-order valence-corrected chi connectivity index (χ1v) is 27.8. The van der Waals surface area contributed by atoms with E-state index < -0.39 is 35.9 Å². The zero-order valence-electron chi connectivity index (χ0n) is 44.8. The number of ether oxygens (including phenoxy) is 3. The molecule has 0 radical (unpaired) electrons. The third-order valence-corrected chi connectivity index (χ3v) is 17.1. The largest absolute Gasteiger partial charge is 0.453 e. The summed E-state index contributed by atoms with van der Waals surface area (Å²) in [7, 11) is 2.57. The molecular weight excluding hydrogens is 999 g/mol. The van der Waals surface area contributed by atoms with Crippen LogP contribution in [0.15, 0.2) is 78.9 Å². The van der Waals surface area contributed by atoms with Crippen LogP contribution in [0.5, 0.6) is 0 Å². The van der Waals surface area contributed by atoms with E-state index in [0.717, 1.165) is 47.8 Å². The fourth-order valence-electron chi connectivity index (χ4n) is 13.1. The van der Waals surface area contributed by atoms with Crippen LogP contribution >= 0.6 is 0 Å². The average Bonchev–Trinajstić information content (AvgIpc) is 4.37. The molecule has 11 rings (SSSR count). The van der Waals surface area contributed by atoms with Gasteiger partial charge in [0.25, 0.3) is 0 Å². The number of nitrogens with one attached hydrogen (secondary N) is 4. The number of imidazole rings is 2. The number of rotatable bonds is 13. The number of hydrogen-bond donors (Lipinski definition) is 4. The minimum absolute atomic E-state index is 0.00618. The molecule has 78 heavy (non-hydrogen) atoms. The molecule has 4 aromatic carbocycles. The van der Waals surface area contributed by atoms with E-state index in [-0.39, 0.29) is 53.5 Å². The lowest BCUT2D eigenvalue weighted by atomic mass is 9.89. The second-order valence-electron chi connectivity index (χ2n) is 22.0. The minimum atomic E-state index is -0.770. The van der Waals surface area contributed by atoms with Crippen LogP contribution in [-0.4, -0.2) is 119 Å². The molecule has 0 spiro atoms. The number of halogens is 2. The van der Waals surface area contributed by atoms with Gasteiger partial charge in [0.15, 0.2) is 11.6 Å².